The van der Waals surface area contributed by atoms with E-state index in [-0.39, 0.29) is 38.5 Å². The Bertz CT molecular complexity index is 3390. The van der Waals surface area contributed by atoms with Gasteiger partial charge < -0.3 is 80.8 Å². The number of carbonyl (C=O) groups excluding carboxylic acids is 8. The number of aromatic amines is 4. The minimum absolute atomic E-state index is 0.0731. The fourth-order valence-electron chi connectivity index (χ4n) is 10.2. The molecule has 2 aliphatic carbocycles. The van der Waals surface area contributed by atoms with Crippen LogP contribution in [-0.4, -0.2) is 143 Å². The lowest BCUT2D eigenvalue weighted by Gasteiger charge is -2.26. The number of fused-ring (bicyclic) bond motifs is 4. The average Bonchev–Trinajstić information content (AvgIpc) is 4.49. The third-order valence-electron chi connectivity index (χ3n) is 13.9. The summed E-state index contributed by atoms with van der Waals surface area (Å²) >= 11 is 0. The van der Waals surface area contributed by atoms with Crippen molar-refractivity contribution in [2.24, 2.45) is 22.9 Å². The SMILES string of the molecule is NCC(=O)O[C@@H]1[C@H](OC(=O)CN)C(OC(=O)Cc2c[nH]c3ccccc23)C[C@H]1OC(=O)Cc1c[nH]c2ccccc12.NCC(=O)O[C@H]1C[C@@H](OC(=O)CN)[C@H](OC(=O)Cc2c[nH]c3ccccc23)[C@@H]1OC(=O)Cc1c[nH]c2ccccc12. The van der Waals surface area contributed by atoms with Gasteiger partial charge in [0.2, 0.25) is 0 Å². The van der Waals surface area contributed by atoms with Crippen LogP contribution in [0.5, 0.6) is 0 Å². The van der Waals surface area contributed by atoms with Crippen molar-refractivity contribution in [3.63, 3.8) is 0 Å². The Morgan fingerprint density at radius 1 is 0.317 bits per heavy atom. The molecule has 1 unspecified atom stereocenters. The lowest BCUT2D eigenvalue weighted by molar-refractivity contribution is -0.182. The highest BCUT2D eigenvalue weighted by molar-refractivity contribution is 5.90. The van der Waals surface area contributed by atoms with E-state index in [2.05, 4.69) is 19.9 Å². The fourth-order valence-corrected chi connectivity index (χ4v) is 10.2. The maximum Gasteiger partial charge on any atom is 0.320 e. The molecule has 428 valence electrons. The van der Waals surface area contributed by atoms with Gasteiger partial charge in [-0.25, -0.2) is 0 Å². The standard InChI is InChI=1S/2C29H30N4O8/c30-12-26(36)38-22-11-23(39-27(37)13-31)29(41-25(35)10-17-15-33-21-8-4-2-6-19(17)21)28(22)40-24(34)9-16-14-32-20-7-3-1-5-18(16)20;30-12-26(36)40-28-22(38-24(34)9-16-14-32-20-7-3-1-5-18(16)20)11-23(29(28)41-27(37)13-31)39-25(35)10-17-15-33-21-8-4-2-6-19(17)21/h2*1-8,14-15,22-23,28-29,32-33H,9-13,30-31H2/t22-,23+,28+,29-;22-,23?,28+,29-/m.1/s1. The molecule has 0 bridgehead atoms. The zero-order chi connectivity index (χ0) is 57.9. The number of carbonyl (C=O) groups is 8. The molecule has 4 aromatic carbocycles. The molecule has 8 atom stereocenters. The van der Waals surface area contributed by atoms with Gasteiger partial charge in [0.15, 0.2) is 24.4 Å². The van der Waals surface area contributed by atoms with E-state index < -0.39 is 123 Å². The molecule has 2 saturated carbocycles. The molecule has 12 N–H and O–H groups in total. The number of hydrogen-bond donors (Lipinski definition) is 8. The number of para-hydroxylation sites is 4. The maximum atomic E-state index is 13.2. The molecular formula is C58H60N8O16. The van der Waals surface area contributed by atoms with Crippen LogP contribution in [0, 0.1) is 0 Å². The summed E-state index contributed by atoms with van der Waals surface area (Å²) < 4.78 is 44.8. The van der Waals surface area contributed by atoms with Crippen molar-refractivity contribution in [3.05, 3.63) is 144 Å². The van der Waals surface area contributed by atoms with Gasteiger partial charge in [-0.3, -0.25) is 38.4 Å². The van der Waals surface area contributed by atoms with Crippen molar-refractivity contribution < 1.29 is 76.3 Å². The molecule has 8 aromatic rings. The monoisotopic (exact) mass is 1120 g/mol. The first kappa shape index (κ1) is 57.3. The number of ether oxygens (including phenoxy) is 8. The Morgan fingerprint density at radius 2 is 0.524 bits per heavy atom. The number of H-pyrrole nitrogens is 4. The Labute approximate surface area is 466 Å². The largest absolute Gasteiger partial charge is 0.458 e. The van der Waals surface area contributed by atoms with Crippen LogP contribution in [0.15, 0.2) is 122 Å². The van der Waals surface area contributed by atoms with E-state index in [1.54, 1.807) is 24.8 Å². The highest BCUT2D eigenvalue weighted by atomic mass is 16.7. The van der Waals surface area contributed by atoms with E-state index in [0.29, 0.717) is 22.3 Å². The molecule has 0 amide bonds. The second-order valence-corrected chi connectivity index (χ2v) is 19.4. The lowest BCUT2D eigenvalue weighted by Crippen LogP contribution is -2.44. The highest BCUT2D eigenvalue weighted by Gasteiger charge is 2.54. The molecule has 2 aliphatic rings. The van der Waals surface area contributed by atoms with E-state index in [9.17, 15) is 38.4 Å². The molecule has 2 fully saturated rings. The first-order valence-corrected chi connectivity index (χ1v) is 26.3. The van der Waals surface area contributed by atoms with Crippen molar-refractivity contribution in [1.29, 1.82) is 0 Å². The number of nitrogens with one attached hydrogen (secondary N) is 4. The number of aromatic nitrogens is 4. The Hall–Kier alpha value is -9.36. The van der Waals surface area contributed by atoms with Gasteiger partial charge >= 0.3 is 47.8 Å². The topological polar surface area (TPSA) is 378 Å². The fraction of sp³-hybridized carbons (Fsp3) is 0.310. The predicted molar refractivity (Wildman–Crippen MR) is 293 cm³/mol. The van der Waals surface area contributed by atoms with E-state index in [4.69, 9.17) is 60.8 Å². The van der Waals surface area contributed by atoms with Crippen LogP contribution in [0.4, 0.5) is 0 Å². The molecule has 0 spiro atoms. The normalized spacial score (nSPS) is 20.1. The maximum absolute atomic E-state index is 13.2. The second kappa shape index (κ2) is 26.3. The zero-order valence-electron chi connectivity index (χ0n) is 44.1. The molecular weight excluding hydrogens is 1060 g/mol. The summed E-state index contributed by atoms with van der Waals surface area (Å²) in [5.74, 6) is -5.68. The first-order chi connectivity index (χ1) is 39.7. The van der Waals surface area contributed by atoms with Crippen molar-refractivity contribution in [1.82, 2.24) is 19.9 Å². The summed E-state index contributed by atoms with van der Waals surface area (Å²) in [4.78, 5) is 113. The van der Waals surface area contributed by atoms with Gasteiger partial charge in [0, 0.05) is 81.2 Å². The van der Waals surface area contributed by atoms with Gasteiger partial charge in [-0.15, -0.1) is 0 Å². The number of rotatable bonds is 20. The molecule has 4 aromatic heterocycles. The molecule has 0 aliphatic heterocycles. The van der Waals surface area contributed by atoms with Crippen LogP contribution in [-0.2, 0) is 102 Å². The lowest BCUT2D eigenvalue weighted by atomic mass is 10.1. The number of nitrogens with two attached hydrogens (primary N) is 4. The number of esters is 8. The summed E-state index contributed by atoms with van der Waals surface area (Å²) in [6, 6.07) is 29.9. The van der Waals surface area contributed by atoms with Crippen molar-refractivity contribution in [3.8, 4) is 0 Å². The van der Waals surface area contributed by atoms with E-state index in [1.807, 2.05) is 97.1 Å². The quantitative estimate of drug-likeness (QED) is 0.0402. The minimum atomic E-state index is -1.26. The van der Waals surface area contributed by atoms with Gasteiger partial charge in [-0.05, 0) is 46.5 Å². The van der Waals surface area contributed by atoms with Crippen LogP contribution < -0.4 is 22.9 Å². The van der Waals surface area contributed by atoms with Gasteiger partial charge in [0.25, 0.3) is 0 Å². The van der Waals surface area contributed by atoms with E-state index in [0.717, 1.165) is 43.6 Å². The molecule has 82 heavy (non-hydrogen) atoms. The predicted octanol–water partition coefficient (Wildman–Crippen LogP) is 2.81. The molecule has 0 radical (unpaired) electrons. The molecule has 10 rings (SSSR count). The van der Waals surface area contributed by atoms with Crippen molar-refractivity contribution in [2.75, 3.05) is 26.2 Å². The first-order valence-electron chi connectivity index (χ1n) is 26.3. The molecule has 0 saturated heterocycles. The van der Waals surface area contributed by atoms with Crippen molar-refractivity contribution in [2.45, 2.75) is 87.4 Å². The zero-order valence-corrected chi connectivity index (χ0v) is 44.1. The molecule has 24 nitrogen and oxygen atoms in total. The molecule has 24 heteroatoms. The van der Waals surface area contributed by atoms with Gasteiger partial charge in [0.05, 0.1) is 51.9 Å². The van der Waals surface area contributed by atoms with Crippen LogP contribution in [0.2, 0.25) is 0 Å². The van der Waals surface area contributed by atoms with E-state index >= 15 is 0 Å². The number of benzene rings is 4. The third kappa shape index (κ3) is 13.6. The minimum Gasteiger partial charge on any atom is -0.458 e. The highest BCUT2D eigenvalue weighted by Crippen LogP contribution is 2.35. The third-order valence-corrected chi connectivity index (χ3v) is 13.9. The Kier molecular flexibility index (Phi) is 18.4. The summed E-state index contributed by atoms with van der Waals surface area (Å²) in [5.41, 5.74) is 28.0. The number of hydrogen-bond acceptors (Lipinski definition) is 20. The second-order valence-electron chi connectivity index (χ2n) is 19.4. The Morgan fingerprint density at radius 3 is 0.780 bits per heavy atom. The summed E-state index contributed by atoms with van der Waals surface area (Å²) in [5, 5.41) is 3.42. The smallest absolute Gasteiger partial charge is 0.320 e. The summed E-state index contributed by atoms with van der Waals surface area (Å²) in [7, 11) is 0. The summed E-state index contributed by atoms with van der Waals surface area (Å²) in [6.45, 7) is -1.78. The molecule has 4 heterocycles. The van der Waals surface area contributed by atoms with E-state index in [1.165, 1.54) is 0 Å². The van der Waals surface area contributed by atoms with Gasteiger partial charge in [0.1, 0.15) is 24.4 Å². The van der Waals surface area contributed by atoms with Crippen molar-refractivity contribution >= 4 is 91.4 Å². The average molecular weight is 1130 g/mol. The van der Waals surface area contributed by atoms with Crippen LogP contribution in [0.25, 0.3) is 43.6 Å². The summed E-state index contributed by atoms with van der Waals surface area (Å²) in [6.07, 6.45) is -3.06. The van der Waals surface area contributed by atoms with Gasteiger partial charge in [-0.2, -0.15) is 0 Å². The Balaban J connectivity index is 0.000000198. The van der Waals surface area contributed by atoms with Crippen LogP contribution in [0.1, 0.15) is 35.1 Å². The van der Waals surface area contributed by atoms with Crippen LogP contribution >= 0.6 is 0 Å². The van der Waals surface area contributed by atoms with Gasteiger partial charge in [-0.1, -0.05) is 72.8 Å². The van der Waals surface area contributed by atoms with Crippen LogP contribution in [0.3, 0.4) is 0 Å².